The molecule has 0 aromatic heterocycles. The van der Waals surface area contributed by atoms with Crippen molar-refractivity contribution in [1.82, 2.24) is 4.31 Å². The summed E-state index contributed by atoms with van der Waals surface area (Å²) in [6.07, 6.45) is 0. The van der Waals surface area contributed by atoms with Crippen molar-refractivity contribution >= 4 is 15.7 Å². The Morgan fingerprint density at radius 1 is 1.26 bits per heavy atom. The summed E-state index contributed by atoms with van der Waals surface area (Å²) in [5.74, 6) is 0. The Balaban J connectivity index is 2.74. The minimum absolute atomic E-state index is 0.263. The molecular weight excluding hydrogens is 266 g/mol. The van der Waals surface area contributed by atoms with Crippen molar-refractivity contribution in [1.29, 1.82) is 0 Å². The molecule has 0 aliphatic carbocycles. The van der Waals surface area contributed by atoms with Crippen molar-refractivity contribution in [2.45, 2.75) is 4.90 Å². The lowest BCUT2D eigenvalue weighted by Crippen LogP contribution is -2.24. The van der Waals surface area contributed by atoms with E-state index in [1.807, 2.05) is 0 Å². The average Bonchev–Trinajstić information content (AvgIpc) is 2.38. The predicted molar refractivity (Wildman–Crippen MR) is 75.7 cm³/mol. The van der Waals surface area contributed by atoms with Crippen molar-refractivity contribution in [3.63, 3.8) is 0 Å². The first-order valence-electron chi connectivity index (χ1n) is 6.03. The lowest BCUT2D eigenvalue weighted by molar-refractivity contribution is 0.151. The third kappa shape index (κ3) is 4.46. The van der Waals surface area contributed by atoms with Crippen LogP contribution in [-0.4, -0.2) is 53.1 Å². The van der Waals surface area contributed by atoms with Gasteiger partial charge in [-0.25, -0.2) is 12.7 Å². The number of nitrogens with one attached hydrogen (secondary N) is 1. The summed E-state index contributed by atoms with van der Waals surface area (Å²) >= 11 is 0. The Morgan fingerprint density at radius 2 is 1.95 bits per heavy atom. The Bertz CT molecular complexity index is 489. The van der Waals surface area contributed by atoms with Crippen LogP contribution in [0.1, 0.15) is 0 Å². The molecule has 1 rings (SSSR count). The van der Waals surface area contributed by atoms with E-state index in [9.17, 15) is 8.42 Å². The minimum atomic E-state index is -3.44. The summed E-state index contributed by atoms with van der Waals surface area (Å²) < 4.78 is 30.7. The van der Waals surface area contributed by atoms with E-state index < -0.39 is 10.0 Å². The van der Waals surface area contributed by atoms with Gasteiger partial charge in [0.15, 0.2) is 0 Å². The first kappa shape index (κ1) is 15.9. The van der Waals surface area contributed by atoms with Gasteiger partial charge >= 0.3 is 0 Å². The van der Waals surface area contributed by atoms with Gasteiger partial charge in [-0.3, -0.25) is 0 Å². The molecule has 0 aliphatic heterocycles. The Hall–Kier alpha value is -1.15. The highest BCUT2D eigenvalue weighted by Gasteiger charge is 2.20. The maximum atomic E-state index is 12.1. The first-order chi connectivity index (χ1) is 9.00. The van der Waals surface area contributed by atoms with Gasteiger partial charge in [0.1, 0.15) is 4.90 Å². The standard InChI is InChI=1S/C12H21N3O3S/c1-15(2)19(16,17)12-6-4-3-5-11(12)14-8-10-18-9-7-13/h3-6,14H,7-10,13H2,1-2H3. The van der Waals surface area contributed by atoms with E-state index in [0.717, 1.165) is 0 Å². The molecular formula is C12H21N3O3S. The molecule has 0 radical (unpaired) electrons. The summed E-state index contributed by atoms with van der Waals surface area (Å²) in [7, 11) is -0.424. The third-order valence-corrected chi connectivity index (χ3v) is 4.34. The van der Waals surface area contributed by atoms with Crippen LogP contribution in [0.5, 0.6) is 0 Å². The van der Waals surface area contributed by atoms with Crippen LogP contribution in [0.4, 0.5) is 5.69 Å². The van der Waals surface area contributed by atoms with Crippen molar-refractivity contribution in [3.8, 4) is 0 Å². The molecule has 3 N–H and O–H groups in total. The Morgan fingerprint density at radius 3 is 2.58 bits per heavy atom. The first-order valence-corrected chi connectivity index (χ1v) is 7.47. The number of benzene rings is 1. The molecule has 6 nitrogen and oxygen atoms in total. The predicted octanol–water partition coefficient (Wildman–Crippen LogP) is 0.324. The zero-order valence-corrected chi connectivity index (χ0v) is 12.1. The maximum Gasteiger partial charge on any atom is 0.244 e. The number of anilines is 1. The summed E-state index contributed by atoms with van der Waals surface area (Å²) in [5.41, 5.74) is 5.88. The normalized spacial score (nSPS) is 11.8. The van der Waals surface area contributed by atoms with Crippen LogP contribution in [0, 0.1) is 0 Å². The van der Waals surface area contributed by atoms with Crippen molar-refractivity contribution < 1.29 is 13.2 Å². The van der Waals surface area contributed by atoms with E-state index in [2.05, 4.69) is 5.32 Å². The average molecular weight is 287 g/mol. The second-order valence-corrected chi connectivity index (χ2v) is 6.23. The lowest BCUT2D eigenvalue weighted by Gasteiger charge is -2.16. The van der Waals surface area contributed by atoms with E-state index >= 15 is 0 Å². The number of rotatable bonds is 8. The number of para-hydroxylation sites is 1. The van der Waals surface area contributed by atoms with E-state index in [4.69, 9.17) is 10.5 Å². The molecule has 1 aromatic carbocycles. The van der Waals surface area contributed by atoms with Gasteiger partial charge in [0.05, 0.1) is 18.9 Å². The fourth-order valence-electron chi connectivity index (χ4n) is 1.48. The van der Waals surface area contributed by atoms with Gasteiger partial charge in [0.25, 0.3) is 0 Å². The van der Waals surface area contributed by atoms with Gasteiger partial charge in [-0.05, 0) is 12.1 Å². The van der Waals surface area contributed by atoms with Gasteiger partial charge in [0.2, 0.25) is 10.0 Å². The second kappa shape index (κ2) is 7.44. The monoisotopic (exact) mass is 287 g/mol. The number of hydrogen-bond donors (Lipinski definition) is 2. The van der Waals surface area contributed by atoms with Gasteiger partial charge in [-0.2, -0.15) is 0 Å². The van der Waals surface area contributed by atoms with E-state index in [1.165, 1.54) is 18.4 Å². The van der Waals surface area contributed by atoms with Gasteiger partial charge in [0, 0.05) is 27.2 Å². The van der Waals surface area contributed by atoms with Crippen molar-refractivity contribution in [3.05, 3.63) is 24.3 Å². The van der Waals surface area contributed by atoms with Crippen LogP contribution in [0.3, 0.4) is 0 Å². The lowest BCUT2D eigenvalue weighted by atomic mass is 10.3. The van der Waals surface area contributed by atoms with Gasteiger partial charge in [-0.1, -0.05) is 12.1 Å². The summed E-state index contributed by atoms with van der Waals surface area (Å²) in [4.78, 5) is 0.263. The molecule has 108 valence electrons. The number of hydrogen-bond acceptors (Lipinski definition) is 5. The van der Waals surface area contributed by atoms with Crippen LogP contribution < -0.4 is 11.1 Å². The largest absolute Gasteiger partial charge is 0.382 e. The van der Waals surface area contributed by atoms with Crippen molar-refractivity contribution in [2.75, 3.05) is 45.7 Å². The number of sulfonamides is 1. The highest BCUT2D eigenvalue weighted by Crippen LogP contribution is 2.22. The van der Waals surface area contributed by atoms with Crippen LogP contribution in [0.15, 0.2) is 29.2 Å². The molecule has 0 saturated carbocycles. The molecule has 0 fully saturated rings. The molecule has 1 aromatic rings. The number of nitrogens with two attached hydrogens (primary N) is 1. The molecule has 0 aliphatic rings. The molecule has 7 heteroatoms. The zero-order valence-electron chi connectivity index (χ0n) is 11.3. The SMILES string of the molecule is CN(C)S(=O)(=O)c1ccccc1NCCOCCN. The molecule has 0 unspecified atom stereocenters. The molecule has 0 atom stereocenters. The van der Waals surface area contributed by atoms with E-state index in [0.29, 0.717) is 32.0 Å². The van der Waals surface area contributed by atoms with E-state index in [1.54, 1.807) is 24.3 Å². The quantitative estimate of drug-likeness (QED) is 0.673. The number of nitrogens with zero attached hydrogens (tertiary/aromatic N) is 1. The highest BCUT2D eigenvalue weighted by atomic mass is 32.2. The smallest absolute Gasteiger partial charge is 0.244 e. The van der Waals surface area contributed by atoms with Crippen LogP contribution in [0.2, 0.25) is 0 Å². The van der Waals surface area contributed by atoms with Gasteiger partial charge in [-0.15, -0.1) is 0 Å². The maximum absolute atomic E-state index is 12.1. The topological polar surface area (TPSA) is 84.7 Å². The summed E-state index contributed by atoms with van der Waals surface area (Å²) in [5, 5.41) is 3.06. The Kier molecular flexibility index (Phi) is 6.23. The summed E-state index contributed by atoms with van der Waals surface area (Å²) in [6, 6.07) is 6.81. The van der Waals surface area contributed by atoms with Crippen molar-refractivity contribution in [2.24, 2.45) is 5.73 Å². The minimum Gasteiger partial charge on any atom is -0.382 e. The fraction of sp³-hybridized carbons (Fsp3) is 0.500. The second-order valence-electron chi connectivity index (χ2n) is 4.11. The molecule has 0 spiro atoms. The molecule has 0 bridgehead atoms. The Labute approximate surface area is 114 Å². The number of ether oxygens (including phenoxy) is 1. The molecule has 0 saturated heterocycles. The van der Waals surface area contributed by atoms with Crippen LogP contribution >= 0.6 is 0 Å². The zero-order chi connectivity index (χ0) is 14.3. The van der Waals surface area contributed by atoms with E-state index in [-0.39, 0.29) is 4.90 Å². The van der Waals surface area contributed by atoms with Crippen LogP contribution in [-0.2, 0) is 14.8 Å². The summed E-state index contributed by atoms with van der Waals surface area (Å²) in [6.45, 7) is 1.98. The molecule has 0 heterocycles. The fourth-order valence-corrected chi connectivity index (χ4v) is 2.54. The molecule has 19 heavy (non-hydrogen) atoms. The van der Waals surface area contributed by atoms with Crippen LogP contribution in [0.25, 0.3) is 0 Å². The highest BCUT2D eigenvalue weighted by molar-refractivity contribution is 7.89. The molecule has 0 amide bonds. The third-order valence-electron chi connectivity index (χ3n) is 2.47. The van der Waals surface area contributed by atoms with Gasteiger partial charge < -0.3 is 15.8 Å².